The van der Waals surface area contributed by atoms with Gasteiger partial charge in [-0.1, -0.05) is 48.0 Å². The molecule has 3 rings (SSSR count). The predicted octanol–water partition coefficient (Wildman–Crippen LogP) is 4.77. The number of hydrogen-bond donors (Lipinski definition) is 1. The van der Waals surface area contributed by atoms with E-state index in [1.807, 2.05) is 12.1 Å². The maximum Gasteiger partial charge on any atom is 0.262 e. The van der Waals surface area contributed by atoms with Gasteiger partial charge in [0.25, 0.3) is 11.8 Å². The van der Waals surface area contributed by atoms with E-state index in [4.69, 9.17) is 16.3 Å². The van der Waals surface area contributed by atoms with Gasteiger partial charge in [-0.3, -0.25) is 9.59 Å². The van der Waals surface area contributed by atoms with Crippen molar-refractivity contribution >= 4 is 29.1 Å². The summed E-state index contributed by atoms with van der Waals surface area (Å²) in [6.07, 6.45) is 0. The van der Waals surface area contributed by atoms with E-state index in [9.17, 15) is 14.0 Å². The van der Waals surface area contributed by atoms with Crippen LogP contribution in [-0.4, -0.2) is 30.4 Å². The summed E-state index contributed by atoms with van der Waals surface area (Å²) < 4.78 is 19.2. The minimum atomic E-state index is -0.538. The standard InChI is InChI=1S/C23H20ClFN2O3/c1-27(14-16-7-6-8-17(24)13-16)23(29)18-9-2-5-12-21(18)30-15-22(28)26-20-11-4-3-10-19(20)25/h2-13H,14-15H2,1H3,(H,26,28). The number of halogens is 2. The lowest BCUT2D eigenvalue weighted by molar-refractivity contribution is -0.118. The number of amides is 2. The summed E-state index contributed by atoms with van der Waals surface area (Å²) in [4.78, 5) is 26.5. The van der Waals surface area contributed by atoms with Crippen molar-refractivity contribution in [3.63, 3.8) is 0 Å². The summed E-state index contributed by atoms with van der Waals surface area (Å²) in [5.74, 6) is -1.07. The predicted molar refractivity (Wildman–Crippen MR) is 114 cm³/mol. The van der Waals surface area contributed by atoms with Gasteiger partial charge in [-0.15, -0.1) is 0 Å². The number of nitrogens with one attached hydrogen (secondary N) is 1. The van der Waals surface area contributed by atoms with Crippen LogP contribution in [0.5, 0.6) is 5.75 Å². The highest BCUT2D eigenvalue weighted by molar-refractivity contribution is 6.30. The van der Waals surface area contributed by atoms with Crippen molar-refractivity contribution < 1.29 is 18.7 Å². The van der Waals surface area contributed by atoms with Gasteiger partial charge in [0.2, 0.25) is 0 Å². The van der Waals surface area contributed by atoms with Crippen LogP contribution >= 0.6 is 11.6 Å². The van der Waals surface area contributed by atoms with Crippen LogP contribution in [0.15, 0.2) is 72.8 Å². The molecular formula is C23H20ClFN2O3. The van der Waals surface area contributed by atoms with Crippen LogP contribution in [0, 0.1) is 5.82 Å². The van der Waals surface area contributed by atoms with Crippen molar-refractivity contribution in [1.82, 2.24) is 4.90 Å². The zero-order valence-corrected chi connectivity index (χ0v) is 17.0. The largest absolute Gasteiger partial charge is 0.483 e. The molecule has 7 heteroatoms. The number of nitrogens with zero attached hydrogens (tertiary/aromatic N) is 1. The molecule has 1 N–H and O–H groups in total. The molecule has 0 fully saturated rings. The van der Waals surface area contributed by atoms with Gasteiger partial charge in [0.05, 0.1) is 11.3 Å². The lowest BCUT2D eigenvalue weighted by Gasteiger charge is -2.19. The van der Waals surface area contributed by atoms with E-state index < -0.39 is 11.7 Å². The molecule has 0 radical (unpaired) electrons. The van der Waals surface area contributed by atoms with Crippen molar-refractivity contribution in [2.75, 3.05) is 19.0 Å². The number of ether oxygens (including phenoxy) is 1. The Labute approximate surface area is 179 Å². The van der Waals surface area contributed by atoms with Crippen LogP contribution in [-0.2, 0) is 11.3 Å². The van der Waals surface area contributed by atoms with Crippen LogP contribution in [0.1, 0.15) is 15.9 Å². The smallest absolute Gasteiger partial charge is 0.262 e. The van der Waals surface area contributed by atoms with Crippen molar-refractivity contribution in [2.24, 2.45) is 0 Å². The fourth-order valence-electron chi connectivity index (χ4n) is 2.85. The van der Waals surface area contributed by atoms with Crippen LogP contribution in [0.3, 0.4) is 0 Å². The van der Waals surface area contributed by atoms with E-state index in [2.05, 4.69) is 5.32 Å². The van der Waals surface area contributed by atoms with Gasteiger partial charge in [-0.2, -0.15) is 0 Å². The highest BCUT2D eigenvalue weighted by Gasteiger charge is 2.18. The van der Waals surface area contributed by atoms with Crippen molar-refractivity contribution in [3.8, 4) is 5.75 Å². The summed E-state index contributed by atoms with van der Waals surface area (Å²) in [7, 11) is 1.67. The monoisotopic (exact) mass is 426 g/mol. The molecule has 0 saturated carbocycles. The molecule has 2 amide bonds. The summed E-state index contributed by atoms with van der Waals surface area (Å²) in [5.41, 5.74) is 1.28. The first kappa shape index (κ1) is 21.3. The molecular weight excluding hydrogens is 407 g/mol. The number of carbonyl (C=O) groups excluding carboxylic acids is 2. The number of carbonyl (C=O) groups is 2. The molecule has 0 aliphatic heterocycles. The molecule has 0 aliphatic rings. The maximum atomic E-state index is 13.7. The lowest BCUT2D eigenvalue weighted by Crippen LogP contribution is -2.27. The third kappa shape index (κ3) is 5.58. The average molecular weight is 427 g/mol. The third-order valence-electron chi connectivity index (χ3n) is 4.28. The second-order valence-electron chi connectivity index (χ2n) is 6.60. The number of hydrogen-bond acceptors (Lipinski definition) is 3. The number of para-hydroxylation sites is 2. The van der Waals surface area contributed by atoms with Crippen molar-refractivity contribution in [2.45, 2.75) is 6.54 Å². The second-order valence-corrected chi connectivity index (χ2v) is 7.04. The Bertz CT molecular complexity index is 1060. The van der Waals surface area contributed by atoms with E-state index in [-0.39, 0.29) is 24.0 Å². The summed E-state index contributed by atoms with van der Waals surface area (Å²) in [6, 6.07) is 19.8. The molecule has 0 atom stereocenters. The van der Waals surface area contributed by atoms with Crippen LogP contribution < -0.4 is 10.1 Å². The SMILES string of the molecule is CN(Cc1cccc(Cl)c1)C(=O)c1ccccc1OCC(=O)Nc1ccccc1F. The van der Waals surface area contributed by atoms with Gasteiger partial charge in [-0.05, 0) is 42.0 Å². The Morgan fingerprint density at radius 1 is 1.03 bits per heavy atom. The Balaban J connectivity index is 1.65. The normalized spacial score (nSPS) is 10.4. The molecule has 154 valence electrons. The summed E-state index contributed by atoms with van der Waals surface area (Å²) >= 11 is 6.00. The van der Waals surface area contributed by atoms with E-state index in [0.29, 0.717) is 17.1 Å². The van der Waals surface area contributed by atoms with Gasteiger partial charge in [0, 0.05) is 18.6 Å². The highest BCUT2D eigenvalue weighted by atomic mass is 35.5. The van der Waals surface area contributed by atoms with E-state index in [0.717, 1.165) is 5.56 Å². The molecule has 5 nitrogen and oxygen atoms in total. The van der Waals surface area contributed by atoms with Crippen LogP contribution in [0.2, 0.25) is 5.02 Å². The molecule has 0 aliphatic carbocycles. The van der Waals surface area contributed by atoms with Gasteiger partial charge < -0.3 is 15.0 Å². The number of anilines is 1. The minimum Gasteiger partial charge on any atom is -0.483 e. The molecule has 0 aromatic heterocycles. The zero-order chi connectivity index (χ0) is 21.5. The van der Waals surface area contributed by atoms with Crippen molar-refractivity contribution in [1.29, 1.82) is 0 Å². The Hall–Kier alpha value is -3.38. The van der Waals surface area contributed by atoms with Gasteiger partial charge in [0.15, 0.2) is 6.61 Å². The topological polar surface area (TPSA) is 58.6 Å². The molecule has 3 aromatic rings. The molecule has 0 spiro atoms. The van der Waals surface area contributed by atoms with Crippen LogP contribution in [0.4, 0.5) is 10.1 Å². The zero-order valence-electron chi connectivity index (χ0n) is 16.3. The fraction of sp³-hybridized carbons (Fsp3) is 0.130. The molecule has 0 unspecified atom stereocenters. The molecule has 3 aromatic carbocycles. The Kier molecular flexibility index (Phi) is 7.03. The summed E-state index contributed by atoms with van der Waals surface area (Å²) in [5, 5.41) is 3.04. The number of rotatable bonds is 7. The quantitative estimate of drug-likeness (QED) is 0.592. The van der Waals surface area contributed by atoms with Crippen molar-refractivity contribution in [3.05, 3.63) is 94.8 Å². The molecule has 0 saturated heterocycles. The summed E-state index contributed by atoms with van der Waals surface area (Å²) in [6.45, 7) is -0.00185. The Morgan fingerprint density at radius 3 is 2.53 bits per heavy atom. The maximum absolute atomic E-state index is 13.7. The van der Waals surface area contributed by atoms with Gasteiger partial charge in [0.1, 0.15) is 11.6 Å². The molecule has 0 bridgehead atoms. The Morgan fingerprint density at radius 2 is 1.77 bits per heavy atom. The highest BCUT2D eigenvalue weighted by Crippen LogP contribution is 2.21. The minimum absolute atomic E-state index is 0.0664. The lowest BCUT2D eigenvalue weighted by atomic mass is 10.1. The second kappa shape index (κ2) is 9.89. The van der Waals surface area contributed by atoms with E-state index >= 15 is 0 Å². The first-order valence-electron chi connectivity index (χ1n) is 9.20. The molecule has 30 heavy (non-hydrogen) atoms. The fourth-order valence-corrected chi connectivity index (χ4v) is 3.06. The molecule has 0 heterocycles. The average Bonchev–Trinajstić information content (AvgIpc) is 2.73. The number of benzene rings is 3. The van der Waals surface area contributed by atoms with E-state index in [1.54, 1.807) is 49.5 Å². The third-order valence-corrected chi connectivity index (χ3v) is 4.51. The van der Waals surface area contributed by atoms with E-state index in [1.165, 1.54) is 23.1 Å². The van der Waals surface area contributed by atoms with Crippen LogP contribution in [0.25, 0.3) is 0 Å². The first-order chi connectivity index (χ1) is 14.4. The first-order valence-corrected chi connectivity index (χ1v) is 9.58. The van der Waals surface area contributed by atoms with Gasteiger partial charge in [-0.25, -0.2) is 4.39 Å². The van der Waals surface area contributed by atoms with Gasteiger partial charge >= 0.3 is 0 Å².